The van der Waals surface area contributed by atoms with E-state index in [1.54, 1.807) is 18.2 Å². The van der Waals surface area contributed by atoms with E-state index in [0.29, 0.717) is 5.82 Å². The number of benzene rings is 1. The van der Waals surface area contributed by atoms with Crippen molar-refractivity contribution in [3.05, 3.63) is 53.2 Å². The quantitative estimate of drug-likeness (QED) is 0.898. The zero-order valence-electron chi connectivity index (χ0n) is 11.0. The fourth-order valence-electron chi connectivity index (χ4n) is 1.58. The molecule has 6 nitrogen and oxygen atoms in total. The molecule has 0 bridgehead atoms. The smallest absolute Gasteiger partial charge is 0.258 e. The van der Waals surface area contributed by atoms with E-state index in [2.05, 4.69) is 15.0 Å². The summed E-state index contributed by atoms with van der Waals surface area (Å²) in [5.41, 5.74) is 0.0543. The van der Waals surface area contributed by atoms with E-state index < -0.39 is 15.9 Å². The van der Waals surface area contributed by atoms with Gasteiger partial charge in [0.25, 0.3) is 5.91 Å². The number of hydrogen-bond acceptors (Lipinski definition) is 4. The van der Waals surface area contributed by atoms with Crippen molar-refractivity contribution in [2.24, 2.45) is 0 Å². The molecule has 2 N–H and O–H groups in total. The molecule has 0 atom stereocenters. The largest absolute Gasteiger partial charge is 0.307 e. The Morgan fingerprint density at radius 2 is 2.00 bits per heavy atom. The summed E-state index contributed by atoms with van der Waals surface area (Å²) in [5.74, 6) is -0.188. The number of carbonyl (C=O) groups is 1. The average Bonchev–Trinajstić information content (AvgIpc) is 2.48. The number of sulfonamides is 1. The van der Waals surface area contributed by atoms with Crippen LogP contribution < -0.4 is 10.0 Å². The molecule has 8 heteroatoms. The molecule has 1 amide bonds. The van der Waals surface area contributed by atoms with E-state index in [9.17, 15) is 13.2 Å². The second kappa shape index (κ2) is 6.21. The topological polar surface area (TPSA) is 88.2 Å². The molecular weight excluding hydrogens is 314 g/mol. The lowest BCUT2D eigenvalue weighted by atomic mass is 10.2. The molecular formula is C13H12ClN3O3S. The molecule has 1 aromatic carbocycles. The van der Waals surface area contributed by atoms with Gasteiger partial charge in [-0.1, -0.05) is 17.7 Å². The molecule has 0 fully saturated rings. The molecule has 1 heterocycles. The number of carbonyl (C=O) groups excluding carboxylic acids is 1. The Morgan fingerprint density at radius 3 is 2.62 bits per heavy atom. The Hall–Kier alpha value is -1.96. The van der Waals surface area contributed by atoms with E-state index in [0.717, 1.165) is 0 Å². The molecule has 0 aliphatic rings. The predicted octanol–water partition coefficient (Wildman–Crippen LogP) is 1.90. The summed E-state index contributed by atoms with van der Waals surface area (Å²) in [6.07, 6.45) is 1.53. The number of nitrogens with one attached hydrogen (secondary N) is 2. The zero-order chi connectivity index (χ0) is 15.5. The third kappa shape index (κ3) is 3.57. The highest BCUT2D eigenvalue weighted by atomic mass is 35.5. The number of anilines is 1. The van der Waals surface area contributed by atoms with Crippen molar-refractivity contribution < 1.29 is 13.2 Å². The summed E-state index contributed by atoms with van der Waals surface area (Å²) in [5, 5.41) is 2.70. The summed E-state index contributed by atoms with van der Waals surface area (Å²) in [7, 11) is -2.36. The lowest BCUT2D eigenvalue weighted by molar-refractivity contribution is 0.102. The van der Waals surface area contributed by atoms with Crippen LogP contribution in [0.4, 0.5) is 5.82 Å². The van der Waals surface area contributed by atoms with Gasteiger partial charge in [0.15, 0.2) is 0 Å². The van der Waals surface area contributed by atoms with Crippen molar-refractivity contribution in [1.82, 2.24) is 9.71 Å². The van der Waals surface area contributed by atoms with Gasteiger partial charge in [-0.25, -0.2) is 18.1 Å². The SMILES string of the molecule is CNS(=O)(=O)c1ccc(Cl)c(C(=O)Nc2ccccn2)c1. The summed E-state index contributed by atoms with van der Waals surface area (Å²) < 4.78 is 25.7. The molecule has 0 saturated heterocycles. The van der Waals surface area contributed by atoms with E-state index >= 15 is 0 Å². The normalized spacial score (nSPS) is 11.1. The first-order chi connectivity index (χ1) is 9.94. The predicted molar refractivity (Wildman–Crippen MR) is 79.9 cm³/mol. The number of hydrogen-bond donors (Lipinski definition) is 2. The molecule has 0 aliphatic carbocycles. The fourth-order valence-corrected chi connectivity index (χ4v) is 2.54. The summed E-state index contributed by atoms with van der Waals surface area (Å²) >= 11 is 5.95. The van der Waals surface area contributed by atoms with Crippen LogP contribution in [-0.2, 0) is 10.0 Å². The van der Waals surface area contributed by atoms with Gasteiger partial charge < -0.3 is 5.32 Å². The maximum atomic E-state index is 12.2. The highest BCUT2D eigenvalue weighted by molar-refractivity contribution is 7.89. The zero-order valence-corrected chi connectivity index (χ0v) is 12.6. The Morgan fingerprint density at radius 1 is 1.24 bits per heavy atom. The molecule has 0 unspecified atom stereocenters. The van der Waals surface area contributed by atoms with Gasteiger partial charge in [0.2, 0.25) is 10.0 Å². The Kier molecular flexibility index (Phi) is 4.56. The van der Waals surface area contributed by atoms with Crippen LogP contribution in [0.15, 0.2) is 47.5 Å². The molecule has 110 valence electrons. The van der Waals surface area contributed by atoms with Crippen LogP contribution in [0.1, 0.15) is 10.4 Å². The van der Waals surface area contributed by atoms with E-state index in [1.807, 2.05) is 0 Å². The van der Waals surface area contributed by atoms with Crippen molar-refractivity contribution in [2.75, 3.05) is 12.4 Å². The number of amides is 1. The van der Waals surface area contributed by atoms with Crippen LogP contribution in [0.2, 0.25) is 5.02 Å². The minimum Gasteiger partial charge on any atom is -0.307 e. The second-order valence-electron chi connectivity index (χ2n) is 4.02. The second-order valence-corrected chi connectivity index (χ2v) is 6.31. The highest BCUT2D eigenvalue weighted by Crippen LogP contribution is 2.21. The minimum atomic E-state index is -3.65. The first-order valence-corrected chi connectivity index (χ1v) is 7.75. The number of pyridine rings is 1. The van der Waals surface area contributed by atoms with Crippen molar-refractivity contribution >= 4 is 33.3 Å². The molecule has 0 saturated carbocycles. The minimum absolute atomic E-state index is 0.0411. The van der Waals surface area contributed by atoms with Gasteiger partial charge in [-0.15, -0.1) is 0 Å². The van der Waals surface area contributed by atoms with E-state index in [4.69, 9.17) is 11.6 Å². The third-order valence-electron chi connectivity index (χ3n) is 2.67. The first kappa shape index (κ1) is 15.4. The van der Waals surface area contributed by atoms with Crippen molar-refractivity contribution in [2.45, 2.75) is 4.90 Å². The van der Waals surface area contributed by atoms with Crippen molar-refractivity contribution in [3.63, 3.8) is 0 Å². The van der Waals surface area contributed by atoms with Crippen molar-refractivity contribution in [3.8, 4) is 0 Å². The van der Waals surface area contributed by atoms with Crippen molar-refractivity contribution in [1.29, 1.82) is 0 Å². The molecule has 0 aliphatic heterocycles. The Balaban J connectivity index is 2.35. The Labute approximate surface area is 127 Å². The molecule has 21 heavy (non-hydrogen) atoms. The van der Waals surface area contributed by atoms with E-state index in [1.165, 1.54) is 31.4 Å². The van der Waals surface area contributed by atoms with Gasteiger partial charge >= 0.3 is 0 Å². The monoisotopic (exact) mass is 325 g/mol. The van der Waals surface area contributed by atoms with Gasteiger partial charge in [-0.3, -0.25) is 4.79 Å². The van der Waals surface area contributed by atoms with Crippen LogP contribution in [0.5, 0.6) is 0 Å². The number of rotatable bonds is 4. The average molecular weight is 326 g/mol. The van der Waals surface area contributed by atoms with Crippen LogP contribution in [0.3, 0.4) is 0 Å². The standard InChI is InChI=1S/C13H12ClN3O3S/c1-15-21(19,20)9-5-6-11(14)10(8-9)13(18)17-12-4-2-3-7-16-12/h2-8,15H,1H3,(H,16,17,18). The van der Waals surface area contributed by atoms with Crippen LogP contribution >= 0.6 is 11.6 Å². The fraction of sp³-hybridized carbons (Fsp3) is 0.0769. The molecule has 1 aromatic heterocycles. The lowest BCUT2D eigenvalue weighted by Gasteiger charge is -2.08. The summed E-state index contributed by atoms with van der Waals surface area (Å²) in [6, 6.07) is 8.94. The highest BCUT2D eigenvalue weighted by Gasteiger charge is 2.17. The maximum Gasteiger partial charge on any atom is 0.258 e. The van der Waals surface area contributed by atoms with Gasteiger partial charge in [0.05, 0.1) is 15.5 Å². The van der Waals surface area contributed by atoms with Gasteiger partial charge in [0.1, 0.15) is 5.82 Å². The lowest BCUT2D eigenvalue weighted by Crippen LogP contribution is -2.20. The first-order valence-electron chi connectivity index (χ1n) is 5.89. The van der Waals surface area contributed by atoms with Gasteiger partial charge in [-0.2, -0.15) is 0 Å². The summed E-state index contributed by atoms with van der Waals surface area (Å²) in [4.78, 5) is 16.1. The third-order valence-corrected chi connectivity index (χ3v) is 4.41. The van der Waals surface area contributed by atoms with Crippen LogP contribution in [0.25, 0.3) is 0 Å². The van der Waals surface area contributed by atoms with Gasteiger partial charge in [-0.05, 0) is 37.4 Å². The number of nitrogens with zero attached hydrogens (tertiary/aromatic N) is 1. The number of halogens is 1. The molecule has 2 rings (SSSR count). The van der Waals surface area contributed by atoms with Gasteiger partial charge in [0, 0.05) is 6.20 Å². The molecule has 0 radical (unpaired) electrons. The maximum absolute atomic E-state index is 12.2. The van der Waals surface area contributed by atoms with Crippen LogP contribution in [-0.4, -0.2) is 26.4 Å². The van der Waals surface area contributed by atoms with Crippen LogP contribution in [0, 0.1) is 0 Å². The molecule has 2 aromatic rings. The summed E-state index contributed by atoms with van der Waals surface area (Å²) in [6.45, 7) is 0. The Bertz CT molecular complexity index is 763. The number of aromatic nitrogens is 1. The van der Waals surface area contributed by atoms with E-state index in [-0.39, 0.29) is 15.5 Å². The molecule has 0 spiro atoms.